The summed E-state index contributed by atoms with van der Waals surface area (Å²) in [5, 5.41) is -0.162. The second-order valence-corrected chi connectivity index (χ2v) is 5.88. The Morgan fingerprint density at radius 1 is 1.14 bits per heavy atom. The van der Waals surface area contributed by atoms with E-state index in [4.69, 9.17) is 11.6 Å². The lowest BCUT2D eigenvalue weighted by molar-refractivity contribution is 0.617. The average Bonchev–Trinajstić information content (AvgIpc) is 2.47. The number of halogens is 2. The van der Waals surface area contributed by atoms with E-state index in [0.29, 0.717) is 12.1 Å². The van der Waals surface area contributed by atoms with Gasteiger partial charge in [-0.05, 0) is 55.7 Å². The van der Waals surface area contributed by atoms with Crippen molar-refractivity contribution >= 4 is 17.3 Å². The monoisotopic (exact) mass is 305 g/mol. The van der Waals surface area contributed by atoms with Gasteiger partial charge in [-0.15, -0.1) is 11.6 Å². The Bertz CT molecular complexity index is 612. The fraction of sp³-hybridized carbons (Fsp3) is 0.333. The van der Waals surface area contributed by atoms with Crippen LogP contribution in [0.25, 0.3) is 0 Å². The van der Waals surface area contributed by atoms with Gasteiger partial charge in [-0.2, -0.15) is 0 Å². The van der Waals surface area contributed by atoms with Crippen LogP contribution in [0.5, 0.6) is 0 Å². The highest BCUT2D eigenvalue weighted by Gasteiger charge is 2.14. The number of rotatable bonds is 5. The zero-order valence-corrected chi connectivity index (χ0v) is 13.5. The molecule has 0 amide bonds. The first-order valence-corrected chi connectivity index (χ1v) is 7.66. The summed E-state index contributed by atoms with van der Waals surface area (Å²) in [7, 11) is 0. The van der Waals surface area contributed by atoms with Gasteiger partial charge in [-0.25, -0.2) is 4.39 Å². The number of alkyl halides is 1. The van der Waals surface area contributed by atoms with Crippen molar-refractivity contribution in [3.05, 3.63) is 65.0 Å². The van der Waals surface area contributed by atoms with E-state index < -0.39 is 0 Å². The predicted octanol–water partition coefficient (Wildman–Crippen LogP) is 5.25. The molecule has 0 spiro atoms. The highest BCUT2D eigenvalue weighted by Crippen LogP contribution is 2.26. The molecule has 1 nitrogen and oxygen atoms in total. The highest BCUT2D eigenvalue weighted by atomic mass is 35.5. The number of likely N-dealkylation sites (N-methyl/N-ethyl adjacent to an activating group) is 1. The molecule has 0 fully saturated rings. The second kappa shape index (κ2) is 6.95. The number of nitrogens with zero attached hydrogens (tertiary/aromatic N) is 1. The van der Waals surface area contributed by atoms with Gasteiger partial charge in [0.15, 0.2) is 0 Å². The van der Waals surface area contributed by atoms with E-state index in [1.165, 1.54) is 17.3 Å². The second-order valence-electron chi connectivity index (χ2n) is 5.35. The van der Waals surface area contributed by atoms with Crippen molar-refractivity contribution < 1.29 is 4.39 Å². The van der Waals surface area contributed by atoms with E-state index in [1.54, 1.807) is 13.0 Å². The molecule has 1 unspecified atom stereocenters. The van der Waals surface area contributed by atoms with Gasteiger partial charge in [0.05, 0.1) is 5.38 Å². The first-order chi connectivity index (χ1) is 10.0. The molecule has 0 aromatic heterocycles. The van der Waals surface area contributed by atoms with Gasteiger partial charge in [0.25, 0.3) is 0 Å². The van der Waals surface area contributed by atoms with Crippen LogP contribution in [0.3, 0.4) is 0 Å². The molecule has 0 aliphatic heterocycles. The molecule has 0 heterocycles. The Hall–Kier alpha value is -1.54. The van der Waals surface area contributed by atoms with Crippen LogP contribution >= 0.6 is 11.6 Å². The molecule has 0 N–H and O–H groups in total. The third kappa shape index (κ3) is 3.98. The quantitative estimate of drug-likeness (QED) is 0.682. The lowest BCUT2D eigenvalue weighted by Gasteiger charge is -2.26. The highest BCUT2D eigenvalue weighted by molar-refractivity contribution is 6.21. The molecule has 0 saturated carbocycles. The number of anilines is 1. The molecule has 0 aliphatic carbocycles. The van der Waals surface area contributed by atoms with Gasteiger partial charge < -0.3 is 4.90 Å². The largest absolute Gasteiger partial charge is 0.370 e. The Labute approximate surface area is 131 Å². The molecule has 21 heavy (non-hydrogen) atoms. The summed E-state index contributed by atoms with van der Waals surface area (Å²) < 4.78 is 13.3. The van der Waals surface area contributed by atoms with Gasteiger partial charge in [0, 0.05) is 18.8 Å². The Morgan fingerprint density at radius 2 is 1.90 bits per heavy atom. The molecule has 2 aromatic rings. The number of hydrogen-bond donors (Lipinski definition) is 0. The zero-order valence-electron chi connectivity index (χ0n) is 12.7. The molecular weight excluding hydrogens is 285 g/mol. The first kappa shape index (κ1) is 15.8. The predicted molar refractivity (Wildman–Crippen MR) is 88.8 cm³/mol. The van der Waals surface area contributed by atoms with Crippen LogP contribution in [0.1, 0.15) is 29.0 Å². The maximum Gasteiger partial charge on any atom is 0.126 e. The molecular formula is C18H21ClFN. The maximum atomic E-state index is 13.3. The summed E-state index contributed by atoms with van der Waals surface area (Å²) in [6, 6.07) is 13.5. The molecule has 2 aromatic carbocycles. The van der Waals surface area contributed by atoms with Crippen LogP contribution < -0.4 is 4.90 Å². The van der Waals surface area contributed by atoms with Crippen molar-refractivity contribution in [3.63, 3.8) is 0 Å². The summed E-state index contributed by atoms with van der Waals surface area (Å²) in [5.74, 6) is -0.186. The first-order valence-electron chi connectivity index (χ1n) is 7.23. The SMILES string of the molecule is CCN(CC(Cl)c1ccc(F)c(C)c1)c1cccc(C)c1. The van der Waals surface area contributed by atoms with Crippen molar-refractivity contribution in [2.24, 2.45) is 0 Å². The molecule has 0 bridgehead atoms. The molecule has 2 rings (SSSR count). The molecule has 0 saturated heterocycles. The number of aryl methyl sites for hydroxylation is 2. The summed E-state index contributed by atoms with van der Waals surface area (Å²) in [4.78, 5) is 2.24. The van der Waals surface area contributed by atoms with Crippen molar-refractivity contribution in [2.45, 2.75) is 26.1 Å². The van der Waals surface area contributed by atoms with E-state index in [9.17, 15) is 4.39 Å². The van der Waals surface area contributed by atoms with Crippen LogP contribution in [0.4, 0.5) is 10.1 Å². The fourth-order valence-electron chi connectivity index (χ4n) is 2.40. The lowest BCUT2D eigenvalue weighted by atomic mass is 10.1. The summed E-state index contributed by atoms with van der Waals surface area (Å²) in [6.07, 6.45) is 0. The van der Waals surface area contributed by atoms with Gasteiger partial charge in [-0.3, -0.25) is 0 Å². The van der Waals surface area contributed by atoms with Gasteiger partial charge in [0.1, 0.15) is 5.82 Å². The Kier molecular flexibility index (Phi) is 5.24. The van der Waals surface area contributed by atoms with Crippen LogP contribution in [0, 0.1) is 19.7 Å². The normalized spacial score (nSPS) is 12.2. The smallest absolute Gasteiger partial charge is 0.126 e. The number of benzene rings is 2. The topological polar surface area (TPSA) is 3.24 Å². The standard InChI is InChI=1S/C18H21ClFN/c1-4-21(16-7-5-6-13(2)10-16)12-17(19)15-8-9-18(20)14(3)11-15/h5-11,17H,4,12H2,1-3H3. The third-order valence-corrected chi connectivity index (χ3v) is 4.06. The summed E-state index contributed by atoms with van der Waals surface area (Å²) >= 11 is 6.53. The van der Waals surface area contributed by atoms with Gasteiger partial charge >= 0.3 is 0 Å². The van der Waals surface area contributed by atoms with Crippen LogP contribution in [0.15, 0.2) is 42.5 Å². The molecule has 0 aliphatic rings. The Balaban J connectivity index is 2.16. The molecule has 3 heteroatoms. The Morgan fingerprint density at radius 3 is 2.52 bits per heavy atom. The minimum Gasteiger partial charge on any atom is -0.370 e. The summed E-state index contributed by atoms with van der Waals surface area (Å²) in [6.45, 7) is 7.54. The van der Waals surface area contributed by atoms with Gasteiger partial charge in [-0.1, -0.05) is 24.3 Å². The molecule has 0 radical (unpaired) electrons. The van der Waals surface area contributed by atoms with Crippen molar-refractivity contribution in [1.82, 2.24) is 0 Å². The molecule has 1 atom stereocenters. The van der Waals surface area contributed by atoms with E-state index in [2.05, 4.69) is 43.0 Å². The average molecular weight is 306 g/mol. The van der Waals surface area contributed by atoms with Crippen LogP contribution in [-0.2, 0) is 0 Å². The van der Waals surface area contributed by atoms with Crippen LogP contribution in [-0.4, -0.2) is 13.1 Å². The van der Waals surface area contributed by atoms with E-state index in [0.717, 1.165) is 12.1 Å². The van der Waals surface area contributed by atoms with Gasteiger partial charge in [0.2, 0.25) is 0 Å². The summed E-state index contributed by atoms with van der Waals surface area (Å²) in [5.41, 5.74) is 4.00. The molecule has 112 valence electrons. The van der Waals surface area contributed by atoms with E-state index >= 15 is 0 Å². The van der Waals surface area contributed by atoms with Crippen molar-refractivity contribution in [1.29, 1.82) is 0 Å². The van der Waals surface area contributed by atoms with Crippen molar-refractivity contribution in [3.8, 4) is 0 Å². The minimum atomic E-state index is -0.186. The minimum absolute atomic E-state index is 0.162. The van der Waals surface area contributed by atoms with Crippen LogP contribution in [0.2, 0.25) is 0 Å². The van der Waals surface area contributed by atoms with E-state index in [-0.39, 0.29) is 11.2 Å². The maximum absolute atomic E-state index is 13.3. The third-order valence-electron chi connectivity index (χ3n) is 3.67. The van der Waals surface area contributed by atoms with Crippen molar-refractivity contribution in [2.75, 3.05) is 18.0 Å². The lowest BCUT2D eigenvalue weighted by Crippen LogP contribution is -2.26. The number of hydrogen-bond acceptors (Lipinski definition) is 1. The zero-order chi connectivity index (χ0) is 15.4. The fourth-order valence-corrected chi connectivity index (χ4v) is 2.71. The van der Waals surface area contributed by atoms with E-state index in [1.807, 2.05) is 6.07 Å².